The Balaban J connectivity index is 1.48. The van der Waals surface area contributed by atoms with E-state index < -0.39 is 0 Å². The average Bonchev–Trinajstić information content (AvgIpc) is 3.22. The van der Waals surface area contributed by atoms with E-state index >= 15 is 0 Å². The van der Waals surface area contributed by atoms with Crippen molar-refractivity contribution in [3.05, 3.63) is 45.8 Å². The molecular formula is C23H27N3O2S. The van der Waals surface area contributed by atoms with Crippen molar-refractivity contribution in [1.29, 1.82) is 5.26 Å². The fourth-order valence-corrected chi connectivity index (χ4v) is 5.78. The van der Waals surface area contributed by atoms with Crippen LogP contribution in [0.3, 0.4) is 0 Å². The smallest absolute Gasteiger partial charge is 0.239 e. The summed E-state index contributed by atoms with van der Waals surface area (Å²) in [6.07, 6.45) is 7.62. The number of nitrogens with zero attached hydrogens (tertiary/aromatic N) is 2. The Hall–Kier alpha value is -2.36. The minimum atomic E-state index is -0.0261. The predicted octanol–water partition coefficient (Wildman–Crippen LogP) is 4.67. The van der Waals surface area contributed by atoms with Gasteiger partial charge in [0.05, 0.1) is 19.2 Å². The monoisotopic (exact) mass is 409 g/mol. The van der Waals surface area contributed by atoms with Crippen LogP contribution in [0.4, 0.5) is 5.00 Å². The highest BCUT2D eigenvalue weighted by atomic mass is 32.1. The Labute approximate surface area is 176 Å². The molecule has 2 aromatic rings. The van der Waals surface area contributed by atoms with Crippen molar-refractivity contribution in [2.75, 3.05) is 25.5 Å². The molecule has 1 amide bonds. The third-order valence-corrected chi connectivity index (χ3v) is 7.20. The minimum Gasteiger partial charge on any atom is -0.497 e. The maximum atomic E-state index is 12.9. The molecule has 1 saturated heterocycles. The van der Waals surface area contributed by atoms with Gasteiger partial charge in [-0.25, -0.2) is 0 Å². The molecule has 0 saturated carbocycles. The zero-order valence-corrected chi connectivity index (χ0v) is 17.7. The first-order chi connectivity index (χ1) is 14.2. The fraction of sp³-hybridized carbons (Fsp3) is 0.478. The molecule has 1 unspecified atom stereocenters. The van der Waals surface area contributed by atoms with Gasteiger partial charge in [0.2, 0.25) is 5.91 Å². The second-order valence-corrected chi connectivity index (χ2v) is 8.94. The standard InChI is InChI=1S/C23H27N3O2S/c1-28-17-11-9-16(10-12-17)20-7-3-2-4-13-26(20)15-22(27)25-23-19(14-24)18-6-5-8-21(18)29-23/h9-12,20H,2-8,13,15H2,1H3,(H,25,27). The third kappa shape index (κ3) is 4.31. The topological polar surface area (TPSA) is 65.4 Å². The molecule has 152 valence electrons. The molecule has 1 aliphatic carbocycles. The van der Waals surface area contributed by atoms with Gasteiger partial charge in [-0.1, -0.05) is 25.0 Å². The van der Waals surface area contributed by atoms with Crippen molar-refractivity contribution in [2.45, 2.75) is 51.0 Å². The number of amides is 1. The number of thiophene rings is 1. The van der Waals surface area contributed by atoms with Crippen LogP contribution in [0.5, 0.6) is 5.75 Å². The summed E-state index contributed by atoms with van der Waals surface area (Å²) >= 11 is 1.58. The van der Waals surface area contributed by atoms with Crippen molar-refractivity contribution in [3.63, 3.8) is 0 Å². The number of hydrogen-bond donors (Lipinski definition) is 1. The van der Waals surface area contributed by atoms with Crippen LogP contribution in [0.1, 0.15) is 59.7 Å². The van der Waals surface area contributed by atoms with Gasteiger partial charge < -0.3 is 10.1 Å². The van der Waals surface area contributed by atoms with Gasteiger partial charge in [0.25, 0.3) is 0 Å². The predicted molar refractivity (Wildman–Crippen MR) is 115 cm³/mol. The minimum absolute atomic E-state index is 0.0261. The third-order valence-electron chi connectivity index (χ3n) is 6.00. The first-order valence-electron chi connectivity index (χ1n) is 10.4. The van der Waals surface area contributed by atoms with Gasteiger partial charge in [-0.3, -0.25) is 9.69 Å². The van der Waals surface area contributed by atoms with Gasteiger partial charge >= 0.3 is 0 Å². The summed E-state index contributed by atoms with van der Waals surface area (Å²) in [7, 11) is 1.67. The Morgan fingerprint density at radius 2 is 2.07 bits per heavy atom. The zero-order valence-electron chi connectivity index (χ0n) is 16.9. The number of benzene rings is 1. The number of fused-ring (bicyclic) bond motifs is 1. The Morgan fingerprint density at radius 3 is 2.83 bits per heavy atom. The molecule has 6 heteroatoms. The largest absolute Gasteiger partial charge is 0.497 e. The molecule has 0 bridgehead atoms. The van der Waals surface area contributed by atoms with Crippen LogP contribution >= 0.6 is 11.3 Å². The fourth-order valence-electron chi connectivity index (χ4n) is 4.52. The molecule has 1 fully saturated rings. The number of carbonyl (C=O) groups is 1. The van der Waals surface area contributed by atoms with Crippen LogP contribution in [0.25, 0.3) is 0 Å². The van der Waals surface area contributed by atoms with Crippen molar-refractivity contribution >= 4 is 22.2 Å². The van der Waals surface area contributed by atoms with E-state index in [0.717, 1.165) is 55.0 Å². The summed E-state index contributed by atoms with van der Waals surface area (Å²) < 4.78 is 5.28. The van der Waals surface area contributed by atoms with Gasteiger partial charge in [0, 0.05) is 10.9 Å². The summed E-state index contributed by atoms with van der Waals surface area (Å²) in [5, 5.41) is 13.3. The maximum Gasteiger partial charge on any atom is 0.239 e. The quantitative estimate of drug-likeness (QED) is 0.779. The average molecular weight is 410 g/mol. The first kappa shape index (κ1) is 19.9. The van der Waals surface area contributed by atoms with Crippen LogP contribution in [0.15, 0.2) is 24.3 Å². The van der Waals surface area contributed by atoms with E-state index in [1.54, 1.807) is 18.4 Å². The van der Waals surface area contributed by atoms with E-state index in [1.807, 2.05) is 12.1 Å². The summed E-state index contributed by atoms with van der Waals surface area (Å²) in [4.78, 5) is 16.4. The molecule has 2 heterocycles. The van der Waals surface area contributed by atoms with Crippen LogP contribution in [0, 0.1) is 11.3 Å². The SMILES string of the molecule is COc1ccc(C2CCCCCN2CC(=O)Nc2sc3c(c2C#N)CCC3)cc1. The Kier molecular flexibility index (Phi) is 6.17. The highest BCUT2D eigenvalue weighted by molar-refractivity contribution is 7.16. The highest BCUT2D eigenvalue weighted by Gasteiger charge is 2.27. The maximum absolute atomic E-state index is 12.9. The molecule has 0 spiro atoms. The summed E-state index contributed by atoms with van der Waals surface area (Å²) in [5.41, 5.74) is 3.06. The van der Waals surface area contributed by atoms with Crippen molar-refractivity contribution < 1.29 is 9.53 Å². The van der Waals surface area contributed by atoms with Crippen LogP contribution < -0.4 is 10.1 Å². The molecule has 0 radical (unpaired) electrons. The lowest BCUT2D eigenvalue weighted by Crippen LogP contribution is -2.36. The molecule has 29 heavy (non-hydrogen) atoms. The summed E-state index contributed by atoms with van der Waals surface area (Å²) in [6, 6.07) is 10.7. The zero-order chi connectivity index (χ0) is 20.2. The molecule has 1 atom stereocenters. The number of methoxy groups -OCH3 is 1. The number of nitrogens with one attached hydrogen (secondary N) is 1. The number of nitriles is 1. The molecular weight excluding hydrogens is 382 g/mol. The summed E-state index contributed by atoms with van der Waals surface area (Å²) in [6.45, 7) is 1.26. The number of carbonyl (C=O) groups excluding carboxylic acids is 1. The number of hydrogen-bond acceptors (Lipinski definition) is 5. The molecule has 5 nitrogen and oxygen atoms in total. The van der Waals surface area contributed by atoms with Crippen LogP contribution in [-0.2, 0) is 17.6 Å². The number of likely N-dealkylation sites (tertiary alicyclic amines) is 1. The van der Waals surface area contributed by atoms with Crippen LogP contribution in [0.2, 0.25) is 0 Å². The van der Waals surface area contributed by atoms with Gasteiger partial charge in [0.15, 0.2) is 0 Å². The van der Waals surface area contributed by atoms with E-state index in [1.165, 1.54) is 23.3 Å². The van der Waals surface area contributed by atoms with E-state index in [9.17, 15) is 10.1 Å². The normalized spacial score (nSPS) is 19.2. The second kappa shape index (κ2) is 8.98. The number of ether oxygens (including phenoxy) is 1. The lowest BCUT2D eigenvalue weighted by atomic mass is 10.0. The van der Waals surface area contributed by atoms with Crippen molar-refractivity contribution in [2.24, 2.45) is 0 Å². The lowest BCUT2D eigenvalue weighted by molar-refractivity contribution is -0.117. The van der Waals surface area contributed by atoms with Gasteiger partial charge in [-0.05, 0) is 61.9 Å². The van der Waals surface area contributed by atoms with E-state index in [4.69, 9.17) is 4.74 Å². The van der Waals surface area contributed by atoms with E-state index in [-0.39, 0.29) is 11.9 Å². The Morgan fingerprint density at radius 1 is 1.24 bits per heavy atom. The molecule has 1 aromatic carbocycles. The molecule has 1 aromatic heterocycles. The van der Waals surface area contributed by atoms with E-state index in [0.29, 0.717) is 12.1 Å². The van der Waals surface area contributed by atoms with Gasteiger partial charge in [-0.2, -0.15) is 5.26 Å². The first-order valence-corrected chi connectivity index (χ1v) is 11.2. The molecule has 2 aliphatic rings. The second-order valence-electron chi connectivity index (χ2n) is 7.83. The van der Waals surface area contributed by atoms with Gasteiger partial charge in [0.1, 0.15) is 16.8 Å². The number of anilines is 1. The lowest BCUT2D eigenvalue weighted by Gasteiger charge is -2.29. The van der Waals surface area contributed by atoms with Gasteiger partial charge in [-0.15, -0.1) is 11.3 Å². The number of aryl methyl sites for hydroxylation is 1. The molecule has 1 aliphatic heterocycles. The summed E-state index contributed by atoms with van der Waals surface area (Å²) in [5.74, 6) is 0.822. The van der Waals surface area contributed by atoms with Crippen molar-refractivity contribution in [3.8, 4) is 11.8 Å². The van der Waals surface area contributed by atoms with E-state index in [2.05, 4.69) is 28.4 Å². The van der Waals surface area contributed by atoms with Crippen LogP contribution in [-0.4, -0.2) is 31.0 Å². The number of rotatable bonds is 5. The molecule has 4 rings (SSSR count). The Bertz CT molecular complexity index is 913. The molecule has 1 N–H and O–H groups in total. The highest BCUT2D eigenvalue weighted by Crippen LogP contribution is 2.38. The van der Waals surface area contributed by atoms with Crippen molar-refractivity contribution in [1.82, 2.24) is 4.90 Å².